The van der Waals surface area contributed by atoms with Crippen LogP contribution >= 0.6 is 0 Å². The molecule has 0 aliphatic carbocycles. The first kappa shape index (κ1) is 16.5. The van der Waals surface area contributed by atoms with E-state index in [1.165, 1.54) is 5.56 Å². The second-order valence-electron chi connectivity index (χ2n) is 5.34. The summed E-state index contributed by atoms with van der Waals surface area (Å²) >= 11 is 0. The highest BCUT2D eigenvalue weighted by Gasteiger charge is 2.03. The molecule has 0 saturated heterocycles. The third kappa shape index (κ3) is 6.60. The molecule has 0 heterocycles. The molecule has 0 unspecified atom stereocenters. The average molecular weight is 277 g/mol. The van der Waals surface area contributed by atoms with Crippen LogP contribution < -0.4 is 4.74 Å². The van der Waals surface area contributed by atoms with E-state index in [9.17, 15) is 4.79 Å². The summed E-state index contributed by atoms with van der Waals surface area (Å²) in [6.07, 6.45) is 5.87. The maximum atomic E-state index is 11.5. The zero-order valence-corrected chi connectivity index (χ0v) is 13.0. The van der Waals surface area contributed by atoms with E-state index in [-0.39, 0.29) is 5.91 Å². The summed E-state index contributed by atoms with van der Waals surface area (Å²) in [6.45, 7) is 2.95. The largest absolute Gasteiger partial charge is 0.494 e. The van der Waals surface area contributed by atoms with Gasteiger partial charge in [-0.15, -0.1) is 0 Å². The van der Waals surface area contributed by atoms with Crippen LogP contribution in [0, 0.1) is 0 Å². The van der Waals surface area contributed by atoms with Gasteiger partial charge >= 0.3 is 0 Å². The molecule has 0 fully saturated rings. The number of amides is 1. The van der Waals surface area contributed by atoms with Crippen molar-refractivity contribution in [2.24, 2.45) is 0 Å². The maximum Gasteiger partial charge on any atom is 0.222 e. The molecule has 112 valence electrons. The Morgan fingerprint density at radius 3 is 2.70 bits per heavy atom. The van der Waals surface area contributed by atoms with Crippen molar-refractivity contribution in [3.8, 4) is 5.75 Å². The monoisotopic (exact) mass is 277 g/mol. The van der Waals surface area contributed by atoms with E-state index < -0.39 is 0 Å². The molecule has 1 aromatic rings. The topological polar surface area (TPSA) is 29.5 Å². The molecule has 1 amide bonds. The molecule has 1 rings (SSSR count). The third-order valence-electron chi connectivity index (χ3n) is 3.27. The Morgan fingerprint density at radius 1 is 1.20 bits per heavy atom. The summed E-state index contributed by atoms with van der Waals surface area (Å²) in [5.74, 6) is 1.17. The van der Waals surface area contributed by atoms with Gasteiger partial charge in [0, 0.05) is 20.5 Å². The van der Waals surface area contributed by atoms with Gasteiger partial charge in [0.05, 0.1) is 6.61 Å². The molecule has 0 saturated carbocycles. The average Bonchev–Trinajstić information content (AvgIpc) is 2.44. The molecule has 0 spiro atoms. The number of hydrogen-bond donors (Lipinski definition) is 0. The van der Waals surface area contributed by atoms with Gasteiger partial charge in [0.1, 0.15) is 5.75 Å². The van der Waals surface area contributed by atoms with Crippen LogP contribution in [-0.2, 0) is 11.2 Å². The van der Waals surface area contributed by atoms with E-state index in [0.29, 0.717) is 6.42 Å². The molecular weight excluding hydrogens is 250 g/mol. The summed E-state index contributed by atoms with van der Waals surface area (Å²) in [4.78, 5) is 13.1. The van der Waals surface area contributed by atoms with Crippen molar-refractivity contribution in [1.82, 2.24) is 4.90 Å². The summed E-state index contributed by atoms with van der Waals surface area (Å²) in [7, 11) is 3.61. The highest BCUT2D eigenvalue weighted by Crippen LogP contribution is 2.16. The van der Waals surface area contributed by atoms with Crippen molar-refractivity contribution >= 4 is 5.91 Å². The molecule has 0 radical (unpaired) electrons. The molecule has 0 atom stereocenters. The van der Waals surface area contributed by atoms with Gasteiger partial charge in [-0.1, -0.05) is 25.5 Å². The fourth-order valence-corrected chi connectivity index (χ4v) is 1.95. The number of rotatable bonds is 9. The van der Waals surface area contributed by atoms with Crippen molar-refractivity contribution in [3.05, 3.63) is 29.8 Å². The first-order valence-electron chi connectivity index (χ1n) is 7.55. The van der Waals surface area contributed by atoms with Crippen molar-refractivity contribution < 1.29 is 9.53 Å². The summed E-state index contributed by atoms with van der Waals surface area (Å²) in [5, 5.41) is 0. The highest BCUT2D eigenvalue weighted by molar-refractivity contribution is 5.75. The van der Waals surface area contributed by atoms with Gasteiger partial charge in [-0.25, -0.2) is 0 Å². The lowest BCUT2D eigenvalue weighted by Gasteiger charge is -2.10. The first-order chi connectivity index (χ1) is 9.63. The lowest BCUT2D eigenvalue weighted by molar-refractivity contribution is -0.128. The van der Waals surface area contributed by atoms with E-state index in [1.54, 1.807) is 19.0 Å². The van der Waals surface area contributed by atoms with Crippen molar-refractivity contribution in [2.45, 2.75) is 45.4 Å². The van der Waals surface area contributed by atoms with Gasteiger partial charge in [0.2, 0.25) is 5.91 Å². The fraction of sp³-hybridized carbons (Fsp3) is 0.588. The minimum atomic E-state index is 0.210. The second kappa shape index (κ2) is 9.40. The number of carbonyl (C=O) groups excluding carboxylic acids is 1. The number of ether oxygens (including phenoxy) is 1. The minimum absolute atomic E-state index is 0.210. The highest BCUT2D eigenvalue weighted by atomic mass is 16.5. The van der Waals surface area contributed by atoms with Gasteiger partial charge in [-0.2, -0.15) is 0 Å². The standard InChI is InChI=1S/C17H27NO2/c1-4-5-13-20-16-11-8-10-15(14-16)9-6-7-12-17(19)18(2)3/h8,10-11,14H,4-7,9,12-13H2,1-3H3. The summed E-state index contributed by atoms with van der Waals surface area (Å²) < 4.78 is 5.70. The molecule has 3 heteroatoms. The number of nitrogens with zero attached hydrogens (tertiary/aromatic N) is 1. The lowest BCUT2D eigenvalue weighted by Crippen LogP contribution is -2.21. The molecule has 0 aromatic heterocycles. The number of unbranched alkanes of at least 4 members (excludes halogenated alkanes) is 2. The second-order valence-corrected chi connectivity index (χ2v) is 5.34. The molecule has 0 bridgehead atoms. The lowest BCUT2D eigenvalue weighted by atomic mass is 10.1. The number of carbonyl (C=O) groups is 1. The maximum absolute atomic E-state index is 11.5. The van der Waals surface area contributed by atoms with Crippen molar-refractivity contribution in [2.75, 3.05) is 20.7 Å². The molecule has 0 aliphatic rings. The smallest absolute Gasteiger partial charge is 0.222 e. The number of aryl methyl sites for hydroxylation is 1. The van der Waals surface area contributed by atoms with E-state index in [4.69, 9.17) is 4.74 Å². The Kier molecular flexibility index (Phi) is 7.78. The van der Waals surface area contributed by atoms with Gasteiger partial charge in [-0.3, -0.25) is 4.79 Å². The molecule has 3 nitrogen and oxygen atoms in total. The van der Waals surface area contributed by atoms with Crippen LogP contribution in [0.15, 0.2) is 24.3 Å². The van der Waals surface area contributed by atoms with E-state index >= 15 is 0 Å². The van der Waals surface area contributed by atoms with Gasteiger partial charge in [-0.05, 0) is 43.4 Å². The van der Waals surface area contributed by atoms with Gasteiger partial charge in [0.25, 0.3) is 0 Å². The Balaban J connectivity index is 2.29. The van der Waals surface area contributed by atoms with Gasteiger partial charge < -0.3 is 9.64 Å². The SMILES string of the molecule is CCCCOc1cccc(CCCCC(=O)N(C)C)c1. The normalized spacial score (nSPS) is 10.3. The number of benzene rings is 1. The van der Waals surface area contributed by atoms with Crippen LogP contribution in [0.3, 0.4) is 0 Å². The van der Waals surface area contributed by atoms with E-state index in [1.807, 2.05) is 12.1 Å². The molecule has 0 N–H and O–H groups in total. The van der Waals surface area contributed by atoms with E-state index in [2.05, 4.69) is 19.1 Å². The predicted molar refractivity (Wildman–Crippen MR) is 83.1 cm³/mol. The van der Waals surface area contributed by atoms with E-state index in [0.717, 1.165) is 44.5 Å². The summed E-state index contributed by atoms with van der Waals surface area (Å²) in [5.41, 5.74) is 1.29. The molecule has 0 aliphatic heterocycles. The molecule has 20 heavy (non-hydrogen) atoms. The van der Waals surface area contributed by atoms with Crippen molar-refractivity contribution in [3.63, 3.8) is 0 Å². The van der Waals surface area contributed by atoms with Crippen LogP contribution in [0.1, 0.15) is 44.6 Å². The van der Waals surface area contributed by atoms with Crippen LogP contribution in [-0.4, -0.2) is 31.5 Å². The Bertz CT molecular complexity index is 402. The minimum Gasteiger partial charge on any atom is -0.494 e. The predicted octanol–water partition coefficient (Wildman–Crippen LogP) is 3.67. The molecule has 1 aromatic carbocycles. The van der Waals surface area contributed by atoms with Gasteiger partial charge in [0.15, 0.2) is 0 Å². The quantitative estimate of drug-likeness (QED) is 0.645. The van der Waals surface area contributed by atoms with Crippen LogP contribution in [0.4, 0.5) is 0 Å². The Labute approximate surface area is 122 Å². The Morgan fingerprint density at radius 2 is 2.00 bits per heavy atom. The zero-order chi connectivity index (χ0) is 14.8. The summed E-state index contributed by atoms with van der Waals surface area (Å²) in [6, 6.07) is 8.29. The zero-order valence-electron chi connectivity index (χ0n) is 13.0. The fourth-order valence-electron chi connectivity index (χ4n) is 1.95. The Hall–Kier alpha value is -1.51. The molecular formula is C17H27NO2. The van der Waals surface area contributed by atoms with Crippen LogP contribution in [0.5, 0.6) is 5.75 Å². The number of hydrogen-bond acceptors (Lipinski definition) is 2. The van der Waals surface area contributed by atoms with Crippen LogP contribution in [0.25, 0.3) is 0 Å². The van der Waals surface area contributed by atoms with Crippen LogP contribution in [0.2, 0.25) is 0 Å². The van der Waals surface area contributed by atoms with Crippen molar-refractivity contribution in [1.29, 1.82) is 0 Å². The third-order valence-corrected chi connectivity index (χ3v) is 3.27. The first-order valence-corrected chi connectivity index (χ1v) is 7.55.